The van der Waals surface area contributed by atoms with E-state index in [2.05, 4.69) is 25.7 Å². The molecule has 118 valence electrons. The first kappa shape index (κ1) is 16.7. The van der Waals surface area contributed by atoms with Gasteiger partial charge in [0.2, 0.25) is 0 Å². The zero-order valence-electron chi connectivity index (χ0n) is 12.1. The molecule has 0 saturated carbocycles. The molecule has 0 bridgehead atoms. The molecule has 5 nitrogen and oxygen atoms in total. The molecule has 1 aromatic carbocycles. The highest BCUT2D eigenvalue weighted by Gasteiger charge is 2.18. The van der Waals surface area contributed by atoms with Crippen LogP contribution in [0, 0.1) is 0 Å². The van der Waals surface area contributed by atoms with Gasteiger partial charge in [0.25, 0.3) is 0 Å². The second-order valence-electron chi connectivity index (χ2n) is 5.28. The zero-order valence-corrected chi connectivity index (χ0v) is 13.7. The highest BCUT2D eigenvalue weighted by molar-refractivity contribution is 9.10. The lowest BCUT2D eigenvalue weighted by Gasteiger charge is -2.35. The second kappa shape index (κ2) is 8.70. The Morgan fingerprint density at radius 1 is 1.10 bits per heavy atom. The first-order valence-electron chi connectivity index (χ1n) is 7.29. The maximum atomic E-state index is 10.1. The van der Waals surface area contributed by atoms with Crippen LogP contribution in [0.4, 0.5) is 0 Å². The summed E-state index contributed by atoms with van der Waals surface area (Å²) in [5.74, 6) is 0.769. The molecule has 1 aromatic rings. The van der Waals surface area contributed by atoms with Gasteiger partial charge in [0.05, 0.1) is 6.61 Å². The molecular formula is C15H23BrN2O3. The number of hydrogen-bond acceptors (Lipinski definition) is 5. The van der Waals surface area contributed by atoms with E-state index in [1.165, 1.54) is 0 Å². The van der Waals surface area contributed by atoms with Gasteiger partial charge in [0.15, 0.2) is 0 Å². The molecule has 1 fully saturated rings. The van der Waals surface area contributed by atoms with E-state index in [0.717, 1.165) is 42.9 Å². The Bertz CT molecular complexity index is 408. The lowest BCUT2D eigenvalue weighted by Crippen LogP contribution is -2.49. The molecule has 0 spiro atoms. The Balaban J connectivity index is 1.65. The van der Waals surface area contributed by atoms with Crippen molar-refractivity contribution in [1.82, 2.24) is 9.80 Å². The lowest BCUT2D eigenvalue weighted by atomic mass is 10.2. The van der Waals surface area contributed by atoms with Gasteiger partial charge in [-0.25, -0.2) is 0 Å². The van der Waals surface area contributed by atoms with Crippen molar-refractivity contribution in [1.29, 1.82) is 0 Å². The Labute approximate surface area is 134 Å². The summed E-state index contributed by atoms with van der Waals surface area (Å²) in [4.78, 5) is 4.48. The molecule has 0 aliphatic carbocycles. The van der Waals surface area contributed by atoms with E-state index in [1.54, 1.807) is 0 Å². The minimum Gasteiger partial charge on any atom is -0.491 e. The van der Waals surface area contributed by atoms with Crippen molar-refractivity contribution in [3.05, 3.63) is 28.7 Å². The van der Waals surface area contributed by atoms with Crippen LogP contribution in [-0.4, -0.2) is 78.6 Å². The van der Waals surface area contributed by atoms with Crippen LogP contribution in [0.25, 0.3) is 0 Å². The zero-order chi connectivity index (χ0) is 15.1. The first-order chi connectivity index (χ1) is 10.2. The molecule has 0 radical (unpaired) electrons. The van der Waals surface area contributed by atoms with E-state index in [1.807, 2.05) is 24.3 Å². The number of hydrogen-bond donors (Lipinski definition) is 2. The summed E-state index contributed by atoms with van der Waals surface area (Å²) in [6.45, 7) is 5.63. The predicted molar refractivity (Wildman–Crippen MR) is 85.6 cm³/mol. The number of piperazine rings is 1. The average molecular weight is 359 g/mol. The van der Waals surface area contributed by atoms with Crippen LogP contribution in [0.15, 0.2) is 28.7 Å². The third-order valence-electron chi connectivity index (χ3n) is 3.61. The number of ether oxygens (including phenoxy) is 1. The smallest absolute Gasteiger partial charge is 0.119 e. The molecule has 2 N–H and O–H groups in total. The fourth-order valence-corrected chi connectivity index (χ4v) is 2.68. The average Bonchev–Trinajstić information content (AvgIpc) is 2.49. The molecule has 1 aliphatic rings. The Morgan fingerprint density at radius 2 is 1.71 bits per heavy atom. The Morgan fingerprint density at radius 3 is 2.33 bits per heavy atom. The third-order valence-corrected chi connectivity index (χ3v) is 4.13. The number of rotatable bonds is 7. The molecule has 1 saturated heterocycles. The van der Waals surface area contributed by atoms with Crippen molar-refractivity contribution in [3.63, 3.8) is 0 Å². The number of nitrogens with zero attached hydrogens (tertiary/aromatic N) is 2. The maximum Gasteiger partial charge on any atom is 0.119 e. The van der Waals surface area contributed by atoms with Crippen molar-refractivity contribution in [2.75, 3.05) is 52.5 Å². The monoisotopic (exact) mass is 358 g/mol. The predicted octanol–water partition coefficient (Wildman–Crippen LogP) is 0.799. The van der Waals surface area contributed by atoms with Gasteiger partial charge in [-0.05, 0) is 24.3 Å². The van der Waals surface area contributed by atoms with Gasteiger partial charge in [-0.15, -0.1) is 0 Å². The van der Waals surface area contributed by atoms with Crippen molar-refractivity contribution in [2.24, 2.45) is 0 Å². The normalized spacial score (nSPS) is 18.6. The van der Waals surface area contributed by atoms with Crippen molar-refractivity contribution < 1.29 is 14.9 Å². The maximum absolute atomic E-state index is 10.1. The number of benzene rings is 1. The van der Waals surface area contributed by atoms with Gasteiger partial charge in [0.1, 0.15) is 18.5 Å². The van der Waals surface area contributed by atoms with Crippen molar-refractivity contribution in [3.8, 4) is 5.75 Å². The lowest BCUT2D eigenvalue weighted by molar-refractivity contribution is 0.0428. The summed E-state index contributed by atoms with van der Waals surface area (Å²) < 4.78 is 6.59. The van der Waals surface area contributed by atoms with Gasteiger partial charge in [-0.2, -0.15) is 0 Å². The second-order valence-corrected chi connectivity index (χ2v) is 6.20. The molecule has 21 heavy (non-hydrogen) atoms. The fraction of sp³-hybridized carbons (Fsp3) is 0.600. The molecule has 6 heteroatoms. The summed E-state index contributed by atoms with van der Waals surface area (Å²) in [5, 5.41) is 19.0. The summed E-state index contributed by atoms with van der Waals surface area (Å²) in [6, 6.07) is 7.60. The van der Waals surface area contributed by atoms with Crippen molar-refractivity contribution in [2.45, 2.75) is 6.10 Å². The van der Waals surface area contributed by atoms with Crippen LogP contribution in [0.5, 0.6) is 5.75 Å². The number of β-amino-alcohol motifs (C(OH)–C–C–N with tert-alkyl or cyclic N) is 2. The Kier molecular flexibility index (Phi) is 6.92. The van der Waals surface area contributed by atoms with Gasteiger partial charge in [-0.3, -0.25) is 9.80 Å². The summed E-state index contributed by atoms with van der Waals surface area (Å²) in [5.41, 5.74) is 0. The van der Waals surface area contributed by atoms with E-state index < -0.39 is 6.10 Å². The molecular weight excluding hydrogens is 336 g/mol. The van der Waals surface area contributed by atoms with Crippen molar-refractivity contribution >= 4 is 15.9 Å². The highest BCUT2D eigenvalue weighted by atomic mass is 79.9. The molecule has 1 atom stereocenters. The van der Waals surface area contributed by atoms with Crippen LogP contribution in [-0.2, 0) is 0 Å². The first-order valence-corrected chi connectivity index (χ1v) is 8.08. The minimum absolute atomic E-state index is 0.212. The van der Waals surface area contributed by atoms with Gasteiger partial charge < -0.3 is 14.9 Å². The number of aliphatic hydroxyl groups is 2. The quantitative estimate of drug-likeness (QED) is 0.754. The van der Waals surface area contributed by atoms with Gasteiger partial charge in [-0.1, -0.05) is 15.9 Å². The van der Waals surface area contributed by atoms with Gasteiger partial charge >= 0.3 is 0 Å². The summed E-state index contributed by atoms with van der Waals surface area (Å²) in [7, 11) is 0. The van der Waals surface area contributed by atoms with E-state index in [-0.39, 0.29) is 6.61 Å². The Hall–Kier alpha value is -0.660. The van der Waals surface area contributed by atoms with E-state index in [9.17, 15) is 5.11 Å². The minimum atomic E-state index is -0.488. The van der Waals surface area contributed by atoms with Crippen LogP contribution >= 0.6 is 15.9 Å². The van der Waals surface area contributed by atoms with Crippen LogP contribution < -0.4 is 4.74 Å². The van der Waals surface area contributed by atoms with E-state index in [4.69, 9.17) is 9.84 Å². The molecule has 1 aliphatic heterocycles. The number of aliphatic hydroxyl groups excluding tert-OH is 2. The third kappa shape index (κ3) is 5.92. The number of halogens is 1. The van der Waals surface area contributed by atoms with Crippen LogP contribution in [0.2, 0.25) is 0 Å². The van der Waals surface area contributed by atoms with E-state index >= 15 is 0 Å². The summed E-state index contributed by atoms with van der Waals surface area (Å²) >= 11 is 3.38. The fourth-order valence-electron chi connectivity index (χ4n) is 2.41. The van der Waals surface area contributed by atoms with Crippen LogP contribution in [0.1, 0.15) is 0 Å². The highest BCUT2D eigenvalue weighted by Crippen LogP contribution is 2.16. The standard InChI is InChI=1S/C15H23BrN2O3/c16-13-1-3-15(4-2-13)21-12-14(20)11-18-7-5-17(6-8-18)9-10-19/h1-4,14,19-20H,5-12H2/t14-/m1/s1. The van der Waals surface area contributed by atoms with Crippen LogP contribution in [0.3, 0.4) is 0 Å². The summed E-state index contributed by atoms with van der Waals surface area (Å²) in [6.07, 6.45) is -0.488. The molecule has 0 aromatic heterocycles. The largest absolute Gasteiger partial charge is 0.491 e. The molecule has 0 unspecified atom stereocenters. The molecule has 2 rings (SSSR count). The SMILES string of the molecule is OCCN1CCN(C[C@@H](O)COc2ccc(Br)cc2)CC1. The topological polar surface area (TPSA) is 56.2 Å². The van der Waals surface area contributed by atoms with Gasteiger partial charge in [0, 0.05) is 43.7 Å². The van der Waals surface area contributed by atoms with E-state index in [0.29, 0.717) is 13.2 Å². The molecule has 0 amide bonds. The molecule has 1 heterocycles.